The van der Waals surface area contributed by atoms with E-state index in [0.29, 0.717) is 6.20 Å². The molecule has 78 valence electrons. The van der Waals surface area contributed by atoms with Crippen LogP contribution in [0, 0.1) is 0 Å². The average Bonchev–Trinajstić information content (AvgIpc) is 2.01. The van der Waals surface area contributed by atoms with Crippen molar-refractivity contribution in [2.24, 2.45) is 0 Å². The summed E-state index contributed by atoms with van der Waals surface area (Å²) in [5.74, 6) is 0. The summed E-state index contributed by atoms with van der Waals surface area (Å²) in [5.41, 5.74) is -2.36. The Morgan fingerprint density at radius 2 is 1.86 bits per heavy atom. The second kappa shape index (κ2) is 3.68. The van der Waals surface area contributed by atoms with Gasteiger partial charge in [-0.3, -0.25) is 4.98 Å². The molecule has 0 aliphatic carbocycles. The molecule has 14 heavy (non-hydrogen) atoms. The highest BCUT2D eigenvalue weighted by Gasteiger charge is 2.36. The Labute approximate surface area is 80.5 Å². The first kappa shape index (κ1) is 11.2. The van der Waals surface area contributed by atoms with Gasteiger partial charge in [0, 0.05) is 11.8 Å². The van der Waals surface area contributed by atoms with Crippen molar-refractivity contribution in [3.8, 4) is 0 Å². The molecule has 0 bridgehead atoms. The van der Waals surface area contributed by atoms with Crippen molar-refractivity contribution >= 4 is 11.6 Å². The SMILES string of the molecule is FC(F)c1ccnc(C(F)(F)F)c1Cl. The molecule has 0 amide bonds. The number of alkyl halides is 5. The summed E-state index contributed by atoms with van der Waals surface area (Å²) >= 11 is 5.13. The average molecular weight is 232 g/mol. The van der Waals surface area contributed by atoms with Crippen LogP contribution in [0.5, 0.6) is 0 Å². The molecule has 0 atom stereocenters. The molecule has 0 fully saturated rings. The predicted molar refractivity (Wildman–Crippen MR) is 39.2 cm³/mol. The number of pyridine rings is 1. The third-order valence-corrected chi connectivity index (χ3v) is 1.82. The topological polar surface area (TPSA) is 12.9 Å². The van der Waals surface area contributed by atoms with Crippen LogP contribution in [-0.2, 0) is 6.18 Å². The number of hydrogen-bond donors (Lipinski definition) is 0. The van der Waals surface area contributed by atoms with E-state index in [1.807, 2.05) is 0 Å². The highest BCUT2D eigenvalue weighted by molar-refractivity contribution is 6.32. The van der Waals surface area contributed by atoms with E-state index in [4.69, 9.17) is 11.6 Å². The second-order valence-corrected chi connectivity index (χ2v) is 2.74. The Morgan fingerprint density at radius 3 is 2.29 bits per heavy atom. The molecule has 0 N–H and O–H groups in total. The Kier molecular flexibility index (Phi) is 2.94. The lowest BCUT2D eigenvalue weighted by Crippen LogP contribution is -2.10. The van der Waals surface area contributed by atoms with Gasteiger partial charge in [-0.15, -0.1) is 0 Å². The van der Waals surface area contributed by atoms with E-state index in [1.54, 1.807) is 0 Å². The Balaban J connectivity index is 3.28. The summed E-state index contributed by atoms with van der Waals surface area (Å²) in [5, 5.41) is -1.05. The van der Waals surface area contributed by atoms with E-state index in [-0.39, 0.29) is 0 Å². The molecule has 0 aromatic carbocycles. The molecule has 0 spiro atoms. The fraction of sp³-hybridized carbons (Fsp3) is 0.286. The van der Waals surface area contributed by atoms with E-state index < -0.39 is 28.9 Å². The van der Waals surface area contributed by atoms with Gasteiger partial charge in [0.15, 0.2) is 5.69 Å². The van der Waals surface area contributed by atoms with Crippen molar-refractivity contribution in [1.29, 1.82) is 0 Å². The number of nitrogens with zero attached hydrogens (tertiary/aromatic N) is 1. The Morgan fingerprint density at radius 1 is 1.29 bits per heavy atom. The van der Waals surface area contributed by atoms with Crippen LogP contribution in [0.15, 0.2) is 12.3 Å². The quantitative estimate of drug-likeness (QED) is 0.672. The molecular formula is C7H3ClF5N. The van der Waals surface area contributed by atoms with Gasteiger partial charge >= 0.3 is 6.18 Å². The van der Waals surface area contributed by atoms with Crippen LogP contribution in [0.2, 0.25) is 5.02 Å². The molecular weight excluding hydrogens is 229 g/mol. The summed E-state index contributed by atoms with van der Waals surface area (Å²) < 4.78 is 60.5. The molecule has 1 nitrogen and oxygen atoms in total. The second-order valence-electron chi connectivity index (χ2n) is 2.36. The van der Waals surface area contributed by atoms with E-state index in [2.05, 4.69) is 4.98 Å². The summed E-state index contributed by atoms with van der Waals surface area (Å²) in [7, 11) is 0. The van der Waals surface area contributed by atoms with Crippen molar-refractivity contribution in [2.45, 2.75) is 12.6 Å². The number of aromatic nitrogens is 1. The minimum atomic E-state index is -4.82. The Bertz CT molecular complexity index is 335. The van der Waals surface area contributed by atoms with E-state index in [1.165, 1.54) is 0 Å². The van der Waals surface area contributed by atoms with Crippen molar-refractivity contribution in [1.82, 2.24) is 4.98 Å². The van der Waals surface area contributed by atoms with Crippen LogP contribution in [0.1, 0.15) is 17.7 Å². The normalized spacial score (nSPS) is 12.2. The minimum Gasteiger partial charge on any atom is -0.250 e. The molecule has 1 heterocycles. The van der Waals surface area contributed by atoms with Gasteiger partial charge in [0.05, 0.1) is 5.02 Å². The smallest absolute Gasteiger partial charge is 0.250 e. The van der Waals surface area contributed by atoms with E-state index in [0.717, 1.165) is 6.07 Å². The third kappa shape index (κ3) is 2.12. The molecule has 0 aliphatic heterocycles. The molecule has 0 saturated heterocycles. The summed E-state index contributed by atoms with van der Waals surface area (Å²) in [6.07, 6.45) is -7.22. The van der Waals surface area contributed by atoms with Gasteiger partial charge in [0.25, 0.3) is 6.43 Å². The lowest BCUT2D eigenvalue weighted by atomic mass is 10.2. The maximum atomic E-state index is 12.1. The van der Waals surface area contributed by atoms with Gasteiger partial charge in [-0.25, -0.2) is 8.78 Å². The van der Waals surface area contributed by atoms with Crippen molar-refractivity contribution in [3.63, 3.8) is 0 Å². The molecule has 0 aliphatic rings. The van der Waals surface area contributed by atoms with Gasteiger partial charge in [-0.05, 0) is 6.07 Å². The predicted octanol–water partition coefficient (Wildman–Crippen LogP) is 3.69. The zero-order valence-electron chi connectivity index (χ0n) is 6.45. The highest BCUT2D eigenvalue weighted by Crippen LogP contribution is 2.37. The van der Waals surface area contributed by atoms with Crippen LogP contribution >= 0.6 is 11.6 Å². The standard InChI is InChI=1S/C7H3ClF5N/c8-4-3(6(9)10)1-2-14-5(4)7(11,12)13/h1-2,6H. The van der Waals surface area contributed by atoms with Gasteiger partial charge in [-0.1, -0.05) is 11.6 Å². The van der Waals surface area contributed by atoms with E-state index >= 15 is 0 Å². The zero-order valence-corrected chi connectivity index (χ0v) is 7.20. The first-order valence-corrected chi connectivity index (χ1v) is 3.71. The molecule has 7 heteroatoms. The van der Waals surface area contributed by atoms with Gasteiger partial charge in [0.2, 0.25) is 0 Å². The number of halogens is 6. The monoisotopic (exact) mass is 231 g/mol. The molecule has 0 unspecified atom stereocenters. The largest absolute Gasteiger partial charge is 0.434 e. The van der Waals surface area contributed by atoms with Crippen LogP contribution in [0.25, 0.3) is 0 Å². The Hall–Kier alpha value is -0.910. The molecule has 0 saturated carbocycles. The lowest BCUT2D eigenvalue weighted by molar-refractivity contribution is -0.141. The maximum absolute atomic E-state index is 12.1. The summed E-state index contributed by atoms with van der Waals surface area (Å²) in [4.78, 5) is 2.90. The minimum absolute atomic E-state index is 0.649. The third-order valence-electron chi connectivity index (χ3n) is 1.42. The van der Waals surface area contributed by atoms with Crippen LogP contribution < -0.4 is 0 Å². The fourth-order valence-corrected chi connectivity index (χ4v) is 1.13. The molecule has 1 aromatic rings. The van der Waals surface area contributed by atoms with Crippen LogP contribution in [-0.4, -0.2) is 4.98 Å². The van der Waals surface area contributed by atoms with Crippen LogP contribution in [0.4, 0.5) is 22.0 Å². The number of rotatable bonds is 1. The van der Waals surface area contributed by atoms with E-state index in [9.17, 15) is 22.0 Å². The summed E-state index contributed by atoms with van der Waals surface area (Å²) in [6.45, 7) is 0. The van der Waals surface area contributed by atoms with Crippen molar-refractivity contribution in [2.75, 3.05) is 0 Å². The van der Waals surface area contributed by atoms with Gasteiger partial charge < -0.3 is 0 Å². The molecule has 0 radical (unpaired) electrons. The van der Waals surface area contributed by atoms with Crippen molar-refractivity contribution in [3.05, 3.63) is 28.5 Å². The maximum Gasteiger partial charge on any atom is 0.434 e. The summed E-state index contributed by atoms with van der Waals surface area (Å²) in [6, 6.07) is 0.752. The van der Waals surface area contributed by atoms with Gasteiger partial charge in [0.1, 0.15) is 0 Å². The first-order chi connectivity index (χ1) is 6.34. The highest BCUT2D eigenvalue weighted by atomic mass is 35.5. The van der Waals surface area contributed by atoms with Crippen LogP contribution in [0.3, 0.4) is 0 Å². The zero-order chi connectivity index (χ0) is 10.9. The molecule has 1 aromatic heterocycles. The fourth-order valence-electron chi connectivity index (χ4n) is 0.825. The molecule has 1 rings (SSSR count). The lowest BCUT2D eigenvalue weighted by Gasteiger charge is -2.10. The van der Waals surface area contributed by atoms with Crippen molar-refractivity contribution < 1.29 is 22.0 Å². The van der Waals surface area contributed by atoms with Gasteiger partial charge in [-0.2, -0.15) is 13.2 Å². The number of hydrogen-bond acceptors (Lipinski definition) is 1. The first-order valence-electron chi connectivity index (χ1n) is 3.33.